The van der Waals surface area contributed by atoms with Crippen LogP contribution in [0.2, 0.25) is 0 Å². The number of aliphatic hydroxyl groups is 3. The summed E-state index contributed by atoms with van der Waals surface area (Å²) < 4.78 is 132. The molecule has 3 amide bonds. The Morgan fingerprint density at radius 2 is 0.789 bits per heavy atom. The second-order valence-corrected chi connectivity index (χ2v) is 27.9. The van der Waals surface area contributed by atoms with Crippen LogP contribution in [-0.4, -0.2) is 166 Å². The van der Waals surface area contributed by atoms with Crippen molar-refractivity contribution in [1.29, 1.82) is 0 Å². The number of hydrogen-bond acceptors (Lipinski definition) is 18. The van der Waals surface area contributed by atoms with Gasteiger partial charge >= 0.3 is 18.5 Å². The molecule has 2 aliphatic heterocycles. The van der Waals surface area contributed by atoms with Crippen molar-refractivity contribution >= 4 is 51.8 Å². The quantitative estimate of drug-likeness (QED) is 0.0462. The lowest BCUT2D eigenvalue weighted by Gasteiger charge is -2.32. The zero-order chi connectivity index (χ0) is 82.0. The van der Waals surface area contributed by atoms with Gasteiger partial charge in [0.2, 0.25) is 0 Å². The van der Waals surface area contributed by atoms with Crippen molar-refractivity contribution in [2.45, 2.75) is 91.5 Å². The van der Waals surface area contributed by atoms with E-state index in [1.165, 1.54) is 23.1 Å². The lowest BCUT2D eigenvalue weighted by atomic mass is 10.1. The van der Waals surface area contributed by atoms with E-state index in [-0.39, 0.29) is 64.8 Å². The highest BCUT2D eigenvalue weighted by atomic mass is 19.4. The van der Waals surface area contributed by atoms with Crippen molar-refractivity contribution in [3.63, 3.8) is 0 Å². The highest BCUT2D eigenvalue weighted by molar-refractivity contribution is 6.06. The van der Waals surface area contributed by atoms with Crippen molar-refractivity contribution < 1.29 is 69.2 Å². The average Bonchev–Trinajstić information content (AvgIpc) is 1.41. The average molecular weight is 1580 g/mol. The van der Waals surface area contributed by atoms with Crippen molar-refractivity contribution in [3.8, 4) is 50.8 Å². The summed E-state index contributed by atoms with van der Waals surface area (Å²) in [4.78, 5) is 44.3. The van der Waals surface area contributed by atoms with Crippen LogP contribution in [0.1, 0.15) is 101 Å². The number of benzene rings is 6. The largest absolute Gasteiger partial charge is 0.416 e. The van der Waals surface area contributed by atoms with Gasteiger partial charge in [0.25, 0.3) is 17.7 Å². The normalized spacial score (nSPS) is 14.0. The van der Waals surface area contributed by atoms with Crippen LogP contribution in [0.5, 0.6) is 0 Å². The summed E-state index contributed by atoms with van der Waals surface area (Å²) in [5.74, 6) is -1.71. The van der Waals surface area contributed by atoms with Gasteiger partial charge < -0.3 is 46.0 Å². The molecular weight excluding hydrogens is 1500 g/mol. The molecular formula is C78H80F9N21O6. The molecule has 2 aliphatic rings. The van der Waals surface area contributed by atoms with E-state index in [1.807, 2.05) is 62.7 Å². The summed E-state index contributed by atoms with van der Waals surface area (Å²) in [7, 11) is 7.05. The van der Waals surface area contributed by atoms with Crippen LogP contribution in [0.15, 0.2) is 146 Å². The van der Waals surface area contributed by atoms with Gasteiger partial charge in [-0.25, -0.2) is 14.0 Å². The van der Waals surface area contributed by atoms with Gasteiger partial charge in [-0.05, 0) is 168 Å². The number of aromatic nitrogens is 15. The van der Waals surface area contributed by atoms with Crippen molar-refractivity contribution in [2.75, 3.05) is 77.0 Å². The number of anilines is 6. The van der Waals surface area contributed by atoms with Gasteiger partial charge in [-0.3, -0.25) is 28.4 Å². The molecule has 14 rings (SSSR count). The number of hydrogen-bond donors (Lipinski definition) is 6. The van der Waals surface area contributed by atoms with Crippen LogP contribution in [0.4, 0.5) is 73.6 Å². The van der Waals surface area contributed by atoms with E-state index in [0.29, 0.717) is 78.7 Å². The molecule has 1 atom stereocenters. The maximum atomic E-state index is 13.7. The molecule has 12 aromatic rings. The van der Waals surface area contributed by atoms with Gasteiger partial charge in [-0.1, -0.05) is 33.8 Å². The Kier molecular flexibility index (Phi) is 23.4. The van der Waals surface area contributed by atoms with E-state index < -0.39 is 65.1 Å². The molecule has 6 aromatic carbocycles. The number of carbonyl (C=O) groups excluding carboxylic acids is 3. The SMILES string of the molecule is Cc1ccc(C(=O)Nc2cc(N(C)CCO)cc(C(F)(F)F)c2)cc1-n1cc(-c2cnn(C)c2C)nn1.Cc1ccc(C(=O)Nc2cc(N3CCC(O)C3)cc(C(F)(F)F)c2)cc1-n1cc(-c2cnn(C)c2C)nn1.Cc1ccc(C(=O)Nc2cc(N3CCC(O)CC3)cc(C(F)(F)F)c2)cc1-n1cc(-c2cnn(C)c2C)nn1. The number of halogens is 9. The number of piperidine rings is 1. The van der Waals surface area contributed by atoms with Crippen LogP contribution in [0, 0.1) is 41.5 Å². The Hall–Kier alpha value is -12.6. The van der Waals surface area contributed by atoms with Crippen LogP contribution in [-0.2, 0) is 39.7 Å². The molecule has 0 radical (unpaired) electrons. The molecule has 596 valence electrons. The summed E-state index contributed by atoms with van der Waals surface area (Å²) in [5, 5.41) is 74.6. The summed E-state index contributed by atoms with van der Waals surface area (Å²) in [6.07, 6.45) is -3.15. The number of alkyl halides is 9. The molecule has 114 heavy (non-hydrogen) atoms. The predicted molar refractivity (Wildman–Crippen MR) is 408 cm³/mol. The number of nitrogens with zero attached hydrogens (tertiary/aromatic N) is 18. The number of β-amino-alcohol motifs (C(OH)–C–C–N with tert-alkyl or cyclic N) is 1. The minimum atomic E-state index is -4.61. The van der Waals surface area contributed by atoms with Gasteiger partial charge in [0.15, 0.2) is 0 Å². The van der Waals surface area contributed by atoms with Crippen molar-refractivity contribution in [1.82, 2.24) is 74.3 Å². The third kappa shape index (κ3) is 18.5. The van der Waals surface area contributed by atoms with Gasteiger partial charge in [0.05, 0.1) is 89.7 Å². The fourth-order valence-electron chi connectivity index (χ4n) is 12.9. The molecule has 36 heteroatoms. The van der Waals surface area contributed by atoms with Crippen LogP contribution in [0.25, 0.3) is 50.8 Å². The molecule has 6 aromatic heterocycles. The smallest absolute Gasteiger partial charge is 0.395 e. The van der Waals surface area contributed by atoms with Crippen molar-refractivity contribution in [2.24, 2.45) is 21.1 Å². The Balaban J connectivity index is 0.000000158. The molecule has 0 bridgehead atoms. The first kappa shape index (κ1) is 80.9. The number of aryl methyl sites for hydroxylation is 6. The lowest BCUT2D eigenvalue weighted by molar-refractivity contribution is -0.138. The van der Waals surface area contributed by atoms with E-state index in [2.05, 4.69) is 62.2 Å². The Bertz CT molecular complexity index is 5530. The number of likely N-dealkylation sites (N-methyl/N-ethyl adjacent to an activating group) is 1. The molecule has 2 fully saturated rings. The minimum absolute atomic E-state index is 0.0124. The van der Waals surface area contributed by atoms with E-state index in [0.717, 1.165) is 86.9 Å². The highest BCUT2D eigenvalue weighted by Crippen LogP contribution is 2.40. The molecule has 1 unspecified atom stereocenters. The molecule has 0 spiro atoms. The molecule has 27 nitrogen and oxygen atoms in total. The van der Waals surface area contributed by atoms with Crippen LogP contribution >= 0.6 is 0 Å². The second kappa shape index (κ2) is 33.0. The summed E-state index contributed by atoms with van der Waals surface area (Å²) >= 11 is 0. The minimum Gasteiger partial charge on any atom is -0.395 e. The van der Waals surface area contributed by atoms with Gasteiger partial charge in [0.1, 0.15) is 17.1 Å². The highest BCUT2D eigenvalue weighted by Gasteiger charge is 2.36. The van der Waals surface area contributed by atoms with Gasteiger partial charge in [-0.15, -0.1) is 15.3 Å². The topological polar surface area (TPSA) is 303 Å². The molecule has 6 N–H and O–H groups in total. The Morgan fingerprint density at radius 3 is 1.11 bits per heavy atom. The van der Waals surface area contributed by atoms with E-state index in [4.69, 9.17) is 5.11 Å². The third-order valence-corrected chi connectivity index (χ3v) is 19.9. The van der Waals surface area contributed by atoms with Gasteiger partial charge in [0, 0.05) is 146 Å². The first-order valence-corrected chi connectivity index (χ1v) is 35.8. The lowest BCUT2D eigenvalue weighted by Crippen LogP contribution is -2.36. The standard InChI is InChI=1S/C27H28F3N7O2.C26H26F3N7O2.C25H26F3N7O2/c1-16-4-5-18(10-25(16)37-15-24(33-34-37)23-14-31-35(3)17(23)2)26(39)32-20-11-19(27(28,29)30)12-21(13-20)36-8-6-22(38)7-9-36;1-15-4-5-17(8-24(15)36-14-23(32-33-36)22-12-30-34(3)16(22)2)25(38)31-19-9-18(26(27,28)29)10-20(11-19)35-7-6-21(37)13-35;1-15-5-6-17(9-23(15)35-14-22(31-32-35)21-13-29-34(4)16(21)2)24(37)30-19-10-18(25(26,27)28)11-20(12-19)33(3)7-8-36/h4-5,10-15,22,38H,6-9H2,1-3H3,(H,32,39);4-5,8-12,14,21,37H,6-7,13H2,1-3H3,(H,31,38);5-6,9-14,36H,7-8H2,1-4H3,(H,30,37). The van der Waals surface area contributed by atoms with E-state index in [1.54, 1.807) is 137 Å². The fourth-order valence-corrected chi connectivity index (χ4v) is 12.9. The molecule has 2 saturated heterocycles. The maximum Gasteiger partial charge on any atom is 0.416 e. The van der Waals surface area contributed by atoms with E-state index in [9.17, 15) is 64.1 Å². The zero-order valence-corrected chi connectivity index (χ0v) is 63.4. The second-order valence-electron chi connectivity index (χ2n) is 27.9. The monoisotopic (exact) mass is 1580 g/mol. The zero-order valence-electron chi connectivity index (χ0n) is 63.4. The number of carbonyl (C=O) groups is 3. The predicted octanol–water partition coefficient (Wildman–Crippen LogP) is 12.6. The number of aliphatic hydroxyl groups excluding tert-OH is 3. The summed E-state index contributed by atoms with van der Waals surface area (Å²) in [6.45, 7) is 12.7. The number of nitrogens with one attached hydrogen (secondary N) is 3. The number of rotatable bonds is 17. The fraction of sp³-hybridized carbons (Fsp3) is 0.308. The van der Waals surface area contributed by atoms with Crippen molar-refractivity contribution in [3.05, 3.63) is 214 Å². The van der Waals surface area contributed by atoms with Crippen LogP contribution < -0.4 is 30.7 Å². The first-order chi connectivity index (χ1) is 54.0. The summed E-state index contributed by atoms with van der Waals surface area (Å²) in [6, 6.07) is 25.1. The maximum absolute atomic E-state index is 13.7. The van der Waals surface area contributed by atoms with E-state index >= 15 is 0 Å². The molecule has 0 aliphatic carbocycles. The molecule has 0 saturated carbocycles. The van der Waals surface area contributed by atoms with Gasteiger partial charge in [-0.2, -0.15) is 54.8 Å². The van der Waals surface area contributed by atoms with Crippen LogP contribution in [0.3, 0.4) is 0 Å². The first-order valence-electron chi connectivity index (χ1n) is 35.8. The Morgan fingerprint density at radius 1 is 0.456 bits per heavy atom. The number of amides is 3. The molecule has 8 heterocycles. The summed E-state index contributed by atoms with van der Waals surface area (Å²) in [5.41, 5.74) is 10.4. The Labute approximate surface area is 646 Å². The third-order valence-electron chi connectivity index (χ3n) is 19.9.